The molecular formula is C35H38BrFO13. The van der Waals surface area contributed by atoms with Crippen LogP contribution >= 0.6 is 15.9 Å². The van der Waals surface area contributed by atoms with E-state index in [1.807, 2.05) is 0 Å². The van der Waals surface area contributed by atoms with Crippen molar-refractivity contribution in [1.82, 2.24) is 0 Å². The highest BCUT2D eigenvalue weighted by Crippen LogP contribution is 2.54. The van der Waals surface area contributed by atoms with Crippen molar-refractivity contribution in [1.29, 1.82) is 0 Å². The quantitative estimate of drug-likeness (QED) is 0.136. The third-order valence-electron chi connectivity index (χ3n) is 9.35. The Labute approximate surface area is 295 Å². The van der Waals surface area contributed by atoms with E-state index >= 15 is 4.39 Å². The summed E-state index contributed by atoms with van der Waals surface area (Å²) >= 11 is 3.14. The third-order valence-corrected chi connectivity index (χ3v) is 9.86. The molecule has 270 valence electrons. The molecular weight excluding hydrogens is 730 g/mol. The molecule has 2 aromatic carbocycles. The van der Waals surface area contributed by atoms with E-state index < -0.39 is 107 Å². The van der Waals surface area contributed by atoms with Crippen molar-refractivity contribution in [2.75, 3.05) is 19.0 Å². The Kier molecular flexibility index (Phi) is 9.52. The van der Waals surface area contributed by atoms with Gasteiger partial charge in [0.15, 0.2) is 35.4 Å². The SMILES string of the molecule is COc1cccc2c1C(=O)c1c(O)c3c(c(O)c1C2=O)C[C@@](OC(=O)OCC(C)C)([13C](=O)[14CH2]Br)C[C@@H]3O[C@@H]1O[C@@H](C)[C@H]2OC(C)(C)O[C@H]2[C@H]1F. The molecule has 4 aliphatic rings. The van der Waals surface area contributed by atoms with Crippen LogP contribution in [0.25, 0.3) is 0 Å². The molecule has 50 heavy (non-hydrogen) atoms. The molecule has 6 rings (SSSR count). The Hall–Kier alpha value is -3.63. The number of aromatic hydroxyl groups is 2. The van der Waals surface area contributed by atoms with Crippen LogP contribution in [0, 0.1) is 5.92 Å². The van der Waals surface area contributed by atoms with Crippen LogP contribution in [0.2, 0.25) is 0 Å². The summed E-state index contributed by atoms with van der Waals surface area (Å²) in [7, 11) is 1.31. The molecule has 2 N–H and O–H groups in total. The Morgan fingerprint density at radius 2 is 1.76 bits per heavy atom. The van der Waals surface area contributed by atoms with Crippen LogP contribution in [0.1, 0.15) is 90.1 Å². The average molecular weight is 769 g/mol. The predicted molar refractivity (Wildman–Crippen MR) is 174 cm³/mol. The minimum atomic E-state index is -2.11. The van der Waals surface area contributed by atoms with Gasteiger partial charge in [-0.3, -0.25) is 14.4 Å². The van der Waals surface area contributed by atoms with E-state index in [0.717, 1.165) is 0 Å². The summed E-state index contributed by atoms with van der Waals surface area (Å²) in [5.41, 5.74) is -3.82. The van der Waals surface area contributed by atoms with Crippen LogP contribution in [-0.4, -0.2) is 94.9 Å². The van der Waals surface area contributed by atoms with Gasteiger partial charge in [-0.15, -0.1) is 0 Å². The maximum absolute atomic E-state index is 16.2. The molecule has 7 atom stereocenters. The van der Waals surface area contributed by atoms with E-state index in [2.05, 4.69) is 15.9 Å². The minimum Gasteiger partial charge on any atom is -0.507 e. The van der Waals surface area contributed by atoms with Gasteiger partial charge in [-0.05, 0) is 32.8 Å². The highest BCUT2D eigenvalue weighted by atomic mass is 79.9. The fourth-order valence-electron chi connectivity index (χ4n) is 7.13. The lowest BCUT2D eigenvalue weighted by Gasteiger charge is -2.43. The molecule has 2 fully saturated rings. The standard InChI is InChI=1S/C35H38BrFO13/c1-14(2)13-45-33(43)50-35(20(38)12-36)10-17-22(19(11-35)47-32-25(37)31-30(15(3)46-32)48-34(4,5)49-31)29(42)24-23(27(17)40)26(39)16-8-7-9-18(44-6)21(16)28(24)41/h7-9,14-15,19,25,30-32,40,42H,10-13H2,1-6H3/t15-,19-,25+,30+,31-,32-,35-/m0/s1/i12+2,20+1. The molecule has 0 amide bonds. The number of Topliss-reactive ketones (excluding diaryl/α,β-unsaturated/α-hetero) is 1. The fraction of sp³-hybridized carbons (Fsp3) is 0.543. The number of ketones is 3. The number of ether oxygens (including phenoxy) is 7. The second-order valence-corrected chi connectivity index (χ2v) is 14.3. The number of fused-ring (bicyclic) bond motifs is 4. The summed E-state index contributed by atoms with van der Waals surface area (Å²) in [6, 6.07) is 4.34. The number of phenols is 2. The van der Waals surface area contributed by atoms with E-state index in [1.165, 1.54) is 25.3 Å². The van der Waals surface area contributed by atoms with Gasteiger partial charge in [0.25, 0.3) is 0 Å². The van der Waals surface area contributed by atoms with Gasteiger partial charge >= 0.3 is 6.16 Å². The average Bonchev–Trinajstić information content (AvgIpc) is 3.41. The highest BCUT2D eigenvalue weighted by molar-refractivity contribution is 9.09. The molecule has 2 saturated heterocycles. The molecule has 2 aliphatic heterocycles. The lowest BCUT2D eigenvalue weighted by atomic mass is 9.74. The van der Waals surface area contributed by atoms with Crippen LogP contribution in [0.4, 0.5) is 9.18 Å². The minimum absolute atomic E-state index is 0.0364. The number of rotatable bonds is 8. The number of hydrogen-bond donors (Lipinski definition) is 2. The van der Waals surface area contributed by atoms with Crippen molar-refractivity contribution in [2.24, 2.45) is 5.92 Å². The highest BCUT2D eigenvalue weighted by Gasteiger charge is 2.58. The normalized spacial score (nSPS) is 29.5. The van der Waals surface area contributed by atoms with Gasteiger partial charge in [0, 0.05) is 29.5 Å². The molecule has 15 heteroatoms. The number of alkyl halides is 2. The van der Waals surface area contributed by atoms with Gasteiger partial charge in [-0.1, -0.05) is 41.9 Å². The molecule has 0 bridgehead atoms. The summed E-state index contributed by atoms with van der Waals surface area (Å²) in [5, 5.41) is 23.4. The molecule has 0 spiro atoms. The van der Waals surface area contributed by atoms with Crippen LogP contribution in [-0.2, 0) is 39.6 Å². The van der Waals surface area contributed by atoms with E-state index in [0.29, 0.717) is 0 Å². The number of carbonyl (C=O) groups is 4. The van der Waals surface area contributed by atoms with E-state index in [1.54, 1.807) is 34.6 Å². The van der Waals surface area contributed by atoms with Gasteiger partial charge < -0.3 is 43.4 Å². The maximum Gasteiger partial charge on any atom is 0.509 e. The van der Waals surface area contributed by atoms with Gasteiger partial charge in [0.05, 0.1) is 47.9 Å². The van der Waals surface area contributed by atoms with Crippen molar-refractivity contribution in [3.05, 3.63) is 51.6 Å². The van der Waals surface area contributed by atoms with Crippen molar-refractivity contribution >= 4 is 39.4 Å². The first-order valence-corrected chi connectivity index (χ1v) is 17.3. The predicted octanol–water partition coefficient (Wildman–Crippen LogP) is 5.00. The first-order valence-electron chi connectivity index (χ1n) is 16.2. The summed E-state index contributed by atoms with van der Waals surface area (Å²) in [5.74, 6) is -4.94. The summed E-state index contributed by atoms with van der Waals surface area (Å²) in [6.07, 6.45) is -10.1. The monoisotopic (exact) mass is 767 g/mol. The molecule has 0 radical (unpaired) electrons. The zero-order valence-electron chi connectivity index (χ0n) is 28.2. The number of phenolic OH excluding ortho intramolecular Hbond substituents is 2. The van der Waals surface area contributed by atoms with E-state index in [9.17, 15) is 29.4 Å². The second-order valence-electron chi connectivity index (χ2n) is 13.7. The molecule has 0 aromatic heterocycles. The molecule has 13 nitrogen and oxygen atoms in total. The van der Waals surface area contributed by atoms with Crippen molar-refractivity contribution < 1.29 is 66.9 Å². The number of methoxy groups -OCH3 is 1. The Balaban J connectivity index is 1.50. The molecule has 2 aliphatic carbocycles. The lowest BCUT2D eigenvalue weighted by Crippen LogP contribution is -2.55. The second kappa shape index (κ2) is 13.2. The van der Waals surface area contributed by atoms with Gasteiger partial charge in [-0.25, -0.2) is 9.18 Å². The molecule has 0 saturated carbocycles. The third kappa shape index (κ3) is 5.96. The van der Waals surface area contributed by atoms with Crippen LogP contribution in [0.15, 0.2) is 18.2 Å². The largest absolute Gasteiger partial charge is 0.509 e. The van der Waals surface area contributed by atoms with Crippen LogP contribution < -0.4 is 4.74 Å². The fourth-order valence-corrected chi connectivity index (χ4v) is 7.64. The van der Waals surface area contributed by atoms with Crippen LogP contribution in [0.5, 0.6) is 17.2 Å². The zero-order valence-corrected chi connectivity index (χ0v) is 29.8. The van der Waals surface area contributed by atoms with Gasteiger partial charge in [0.2, 0.25) is 5.78 Å². The number of hydrogen-bond acceptors (Lipinski definition) is 13. The first kappa shape index (κ1) is 36.2. The molecule has 2 heterocycles. The summed E-state index contributed by atoms with van der Waals surface area (Å²) in [6.45, 7) is 8.46. The van der Waals surface area contributed by atoms with Gasteiger partial charge in [-0.2, -0.15) is 0 Å². The Morgan fingerprint density at radius 1 is 1.08 bits per heavy atom. The van der Waals surface area contributed by atoms with E-state index in [4.69, 9.17) is 33.2 Å². The molecule has 2 aromatic rings. The van der Waals surface area contributed by atoms with Crippen LogP contribution in [0.3, 0.4) is 0 Å². The first-order chi connectivity index (χ1) is 23.5. The smallest absolute Gasteiger partial charge is 0.507 e. The number of carbonyl (C=O) groups excluding carboxylic acids is 4. The van der Waals surface area contributed by atoms with Crippen molar-refractivity contribution in [3.8, 4) is 17.2 Å². The maximum atomic E-state index is 16.2. The zero-order chi connectivity index (χ0) is 36.4. The molecule has 0 unspecified atom stereocenters. The van der Waals surface area contributed by atoms with Crippen molar-refractivity contribution in [2.45, 2.75) is 95.7 Å². The summed E-state index contributed by atoms with van der Waals surface area (Å²) in [4.78, 5) is 54.7. The number of benzene rings is 2. The topological polar surface area (TPSA) is 173 Å². The number of halogens is 2. The Bertz CT molecular complexity index is 1760. The van der Waals surface area contributed by atoms with Crippen molar-refractivity contribution in [3.63, 3.8) is 0 Å². The summed E-state index contributed by atoms with van der Waals surface area (Å²) < 4.78 is 56.3. The Morgan fingerprint density at radius 3 is 2.42 bits per heavy atom. The lowest BCUT2D eigenvalue weighted by molar-refractivity contribution is -0.278. The van der Waals surface area contributed by atoms with Gasteiger partial charge in [0.1, 0.15) is 29.5 Å². The van der Waals surface area contributed by atoms with E-state index in [-0.39, 0.29) is 45.9 Å².